The molecule has 0 saturated carbocycles. The summed E-state index contributed by atoms with van der Waals surface area (Å²) in [7, 11) is 57.8. The van der Waals surface area contributed by atoms with Crippen molar-refractivity contribution in [1.29, 1.82) is 0 Å². The Morgan fingerprint density at radius 2 is 0.469 bits per heavy atom. The van der Waals surface area contributed by atoms with E-state index in [1.165, 1.54) is 0 Å². The van der Waals surface area contributed by atoms with Gasteiger partial charge in [-0.1, -0.05) is 17.9 Å². The van der Waals surface area contributed by atoms with E-state index in [1.54, 1.807) is 0 Å². The van der Waals surface area contributed by atoms with E-state index in [2.05, 4.69) is 152 Å². The molecule has 18 unspecified atom stereocenters. The topological polar surface area (TPSA) is 0 Å². The van der Waals surface area contributed by atoms with Gasteiger partial charge in [0.25, 0.3) is 0 Å². The Balaban J connectivity index is 7.33. The van der Waals surface area contributed by atoms with Crippen molar-refractivity contribution in [1.82, 2.24) is 0 Å². The van der Waals surface area contributed by atoms with Crippen LogP contribution in [0.15, 0.2) is 0 Å². The molecule has 0 aromatic heterocycles. The van der Waals surface area contributed by atoms with Crippen LogP contribution in [0.3, 0.4) is 0 Å². The fourth-order valence-corrected chi connectivity index (χ4v) is 413. The summed E-state index contributed by atoms with van der Waals surface area (Å²) >= 11 is 0. The van der Waals surface area contributed by atoms with E-state index in [4.69, 9.17) is 0 Å². The molecule has 2 radical (unpaired) electrons. The van der Waals surface area contributed by atoms with Crippen molar-refractivity contribution in [3.05, 3.63) is 0 Å². The minimum atomic E-state index is -0.279. The zero-order valence-electron chi connectivity index (χ0n) is 16.4. The number of hydrogen-bond acceptors (Lipinski definition) is 0. The minimum absolute atomic E-state index is 0.00147. The summed E-state index contributed by atoms with van der Waals surface area (Å²) in [6.45, 7) is -1.12. The van der Waals surface area contributed by atoms with Crippen molar-refractivity contribution in [3.8, 4) is 0 Å². The fourth-order valence-electron chi connectivity index (χ4n) is 1.70. The Hall–Kier alpha value is 13.8. The fraction of sp³-hybridized carbons (Fsp3) is 0. The second-order valence-electron chi connectivity index (χ2n) is 4.90. The van der Waals surface area contributed by atoms with Gasteiger partial charge in [-0.3, -0.25) is 0 Å². The smallest absolute Gasteiger partial charge is 0.000301 e. The van der Waals surface area contributed by atoms with Gasteiger partial charge in [-0.2, -0.15) is 0 Å². The molecule has 0 aromatic rings. The standard InChI is InChI=1S/H32P32/c1-18(2)26(17)30(25(15)16)32(29(23(11)12)24(13)14)31(27(19(3)4)20(5)6)28(21(7)8)22(9)10/h1-2H,3-17H2. The van der Waals surface area contributed by atoms with Crippen LogP contribution >= 0.6 is 257 Å². The van der Waals surface area contributed by atoms with Gasteiger partial charge in [0.2, 0.25) is 0 Å². The third-order valence-corrected chi connectivity index (χ3v) is 213. The largest absolute Gasteiger partial charge is 0.102 e. The van der Waals surface area contributed by atoms with Crippen LogP contribution in [-0.4, -0.2) is 0 Å². The van der Waals surface area contributed by atoms with E-state index in [9.17, 15) is 0 Å². The molecule has 0 aliphatic heterocycles. The zero-order valence-corrected chi connectivity index (χ0v) is 49.1. The SMILES string of the molecule is [PH]P([PH])P(P)P(P(P)P)P(P(P(P)P)P(P)P)P(P(P(P)P)P(P)P)P(P(P)P)P(P)P. The first-order chi connectivity index (χ1) is 14.5. The van der Waals surface area contributed by atoms with Crippen LogP contribution in [0.25, 0.3) is 0 Å². The summed E-state index contributed by atoms with van der Waals surface area (Å²) in [5.41, 5.74) is 0. The summed E-state index contributed by atoms with van der Waals surface area (Å²) in [4.78, 5) is 0. The summed E-state index contributed by atoms with van der Waals surface area (Å²) in [5, 5.41) is 0. The molecule has 0 spiro atoms. The number of rotatable bonds is 14. The lowest BCUT2D eigenvalue weighted by atomic mass is 28.5. The van der Waals surface area contributed by atoms with E-state index in [-0.39, 0.29) is 105 Å². The van der Waals surface area contributed by atoms with Gasteiger partial charge >= 0.3 is 0 Å². The summed E-state index contributed by atoms with van der Waals surface area (Å²) in [6.07, 6.45) is 0. The average Bonchev–Trinajstić information content (AvgIpc) is 2.57. The Kier molecular flexibility index (Phi) is 35.5. The molecule has 0 amide bonds. The van der Waals surface area contributed by atoms with Crippen LogP contribution < -0.4 is 0 Å². The molecule has 0 aliphatic rings. The third-order valence-electron chi connectivity index (χ3n) is 2.63. The third kappa shape index (κ3) is 16.4. The summed E-state index contributed by atoms with van der Waals surface area (Å²) < 4.78 is 0. The van der Waals surface area contributed by atoms with Crippen LogP contribution in [0.4, 0.5) is 0 Å². The lowest BCUT2D eigenvalue weighted by Crippen LogP contribution is -1.65. The van der Waals surface area contributed by atoms with E-state index in [0.717, 1.165) is 0 Å². The van der Waals surface area contributed by atoms with Gasteiger partial charge in [0.15, 0.2) is 0 Å². The van der Waals surface area contributed by atoms with Crippen molar-refractivity contribution >= 4 is 257 Å². The van der Waals surface area contributed by atoms with Crippen molar-refractivity contribution in [2.75, 3.05) is 0 Å². The molecule has 32 heteroatoms. The van der Waals surface area contributed by atoms with Gasteiger partial charge in [-0.05, 0) is 105 Å². The predicted molar refractivity (Wildman–Crippen MR) is 266 cm³/mol. The van der Waals surface area contributed by atoms with Crippen LogP contribution in [0.5, 0.6) is 0 Å². The van der Waals surface area contributed by atoms with Crippen LogP contribution in [0.2, 0.25) is 0 Å². The normalized spacial score (nSPS) is 16.8. The van der Waals surface area contributed by atoms with Crippen molar-refractivity contribution < 1.29 is 0 Å². The van der Waals surface area contributed by atoms with E-state index in [1.807, 2.05) is 0 Å². The molecule has 192 valence electrons. The molecular formula is H32P32. The van der Waals surface area contributed by atoms with Gasteiger partial charge in [-0.15, -0.1) is 134 Å². The Bertz CT molecular complexity index is 434. The highest BCUT2D eigenvalue weighted by molar-refractivity contribution is 9.45. The predicted octanol–water partition coefficient (Wildman–Crippen LogP) is 19.0. The van der Waals surface area contributed by atoms with Gasteiger partial charge in [0, 0.05) is 0 Å². The maximum Gasteiger partial charge on any atom is -0.000301 e. The Labute approximate surface area is 253 Å². The first-order valence-corrected chi connectivity index (χ1v) is 64.1. The van der Waals surface area contributed by atoms with Gasteiger partial charge < -0.3 is 0 Å². The lowest BCUT2D eigenvalue weighted by molar-refractivity contribution is 4.41. The van der Waals surface area contributed by atoms with Gasteiger partial charge in [0.1, 0.15) is 0 Å². The van der Waals surface area contributed by atoms with Gasteiger partial charge in [-0.25, -0.2) is 0 Å². The molecule has 18 atom stereocenters. The van der Waals surface area contributed by atoms with Crippen molar-refractivity contribution in [2.24, 2.45) is 0 Å². The van der Waals surface area contributed by atoms with Crippen molar-refractivity contribution in [2.45, 2.75) is 0 Å². The highest BCUT2D eigenvalue weighted by Crippen LogP contribution is 3.39. The lowest BCUT2D eigenvalue weighted by Gasteiger charge is -2.53. The quantitative estimate of drug-likeness (QED) is 0.152. The molecule has 0 N–H and O–H groups in total. The molecule has 0 fully saturated rings. The molecule has 0 aliphatic carbocycles. The molecule has 0 heterocycles. The highest BCUT2D eigenvalue weighted by Gasteiger charge is 2.51. The summed E-state index contributed by atoms with van der Waals surface area (Å²) in [5.74, 6) is 0. The Morgan fingerprint density at radius 3 is 0.625 bits per heavy atom. The maximum absolute atomic E-state index is 4.10. The van der Waals surface area contributed by atoms with Crippen LogP contribution in [0.1, 0.15) is 0 Å². The molecule has 32 heavy (non-hydrogen) atoms. The molecule has 0 rings (SSSR count). The summed E-state index contributed by atoms with van der Waals surface area (Å²) in [6, 6.07) is 0. The molecule has 0 aromatic carbocycles. The van der Waals surface area contributed by atoms with Crippen molar-refractivity contribution in [3.63, 3.8) is 0 Å². The van der Waals surface area contributed by atoms with E-state index in [0.29, 0.717) is 0 Å². The molecule has 0 bridgehead atoms. The minimum Gasteiger partial charge on any atom is -0.102 e. The second-order valence-corrected chi connectivity index (χ2v) is 132. The second kappa shape index (κ2) is 24.8. The zero-order chi connectivity index (χ0) is 25.7. The molecule has 0 saturated heterocycles. The first-order valence-electron chi connectivity index (χ1n) is 7.12. The average molecular weight is 1020 g/mol. The highest BCUT2D eigenvalue weighted by atomic mass is 33.5. The maximum atomic E-state index is 4.10. The first kappa shape index (κ1) is 45.8. The van der Waals surface area contributed by atoms with E-state index < -0.39 is 0 Å². The Morgan fingerprint density at radius 1 is 0.281 bits per heavy atom. The van der Waals surface area contributed by atoms with Crippen LogP contribution in [0, 0.1) is 0 Å². The number of hydrogen-bond donors (Lipinski definition) is 0. The molecule has 0 nitrogen and oxygen atoms in total. The van der Waals surface area contributed by atoms with Gasteiger partial charge in [0.05, 0.1) is 0 Å². The molecular weight excluding hydrogens is 991 g/mol. The van der Waals surface area contributed by atoms with Crippen LogP contribution in [-0.2, 0) is 0 Å². The van der Waals surface area contributed by atoms with E-state index >= 15 is 0 Å². The monoisotopic (exact) mass is 1020 g/mol.